The SMILES string of the molecule is O=C(C(=O)C1CCCc2c1ccc1c2c(Cl)cc2ccccc21)c1cccc2ccccc12. The van der Waals surface area contributed by atoms with Crippen molar-refractivity contribution in [1.82, 2.24) is 0 Å². The number of aryl methyl sites for hydroxylation is 1. The van der Waals surface area contributed by atoms with Crippen LogP contribution in [0, 0.1) is 0 Å². The molecule has 33 heavy (non-hydrogen) atoms. The van der Waals surface area contributed by atoms with E-state index in [4.69, 9.17) is 11.6 Å². The molecule has 0 aliphatic heterocycles. The lowest BCUT2D eigenvalue weighted by molar-refractivity contribution is -0.116. The van der Waals surface area contributed by atoms with Crippen LogP contribution in [0.4, 0.5) is 0 Å². The molecule has 0 spiro atoms. The molecule has 0 amide bonds. The van der Waals surface area contributed by atoms with Gasteiger partial charge in [-0.3, -0.25) is 9.59 Å². The van der Waals surface area contributed by atoms with Crippen LogP contribution in [0.5, 0.6) is 0 Å². The van der Waals surface area contributed by atoms with Gasteiger partial charge in [0.15, 0.2) is 0 Å². The van der Waals surface area contributed by atoms with Gasteiger partial charge in [-0.15, -0.1) is 0 Å². The molecule has 0 N–H and O–H groups in total. The van der Waals surface area contributed by atoms with E-state index in [0.717, 1.165) is 56.3 Å². The van der Waals surface area contributed by atoms with Crippen LogP contribution < -0.4 is 0 Å². The minimum atomic E-state index is -0.438. The van der Waals surface area contributed by atoms with Crippen molar-refractivity contribution in [1.29, 1.82) is 0 Å². The number of carbonyl (C=O) groups excluding carboxylic acids is 2. The van der Waals surface area contributed by atoms with Crippen molar-refractivity contribution in [3.63, 3.8) is 0 Å². The quantitative estimate of drug-likeness (QED) is 0.161. The molecule has 0 heterocycles. The third kappa shape index (κ3) is 3.17. The lowest BCUT2D eigenvalue weighted by atomic mass is 9.76. The van der Waals surface area contributed by atoms with Gasteiger partial charge >= 0.3 is 0 Å². The summed E-state index contributed by atoms with van der Waals surface area (Å²) in [4.78, 5) is 27.0. The maximum Gasteiger partial charge on any atom is 0.229 e. The van der Waals surface area contributed by atoms with Gasteiger partial charge < -0.3 is 0 Å². The van der Waals surface area contributed by atoms with Crippen molar-refractivity contribution in [2.24, 2.45) is 0 Å². The Morgan fingerprint density at radius 3 is 2.33 bits per heavy atom. The monoisotopic (exact) mass is 448 g/mol. The highest BCUT2D eigenvalue weighted by Crippen LogP contribution is 2.42. The Labute approximate surface area is 196 Å². The summed E-state index contributed by atoms with van der Waals surface area (Å²) in [5.74, 6) is -1.18. The Bertz CT molecular complexity index is 1590. The number of rotatable bonds is 3. The van der Waals surface area contributed by atoms with E-state index in [1.165, 1.54) is 0 Å². The molecule has 2 nitrogen and oxygen atoms in total. The van der Waals surface area contributed by atoms with Gasteiger partial charge in [-0.25, -0.2) is 0 Å². The zero-order chi connectivity index (χ0) is 22.5. The molecule has 160 valence electrons. The molecule has 1 unspecified atom stereocenters. The molecule has 1 aliphatic rings. The summed E-state index contributed by atoms with van der Waals surface area (Å²) in [6.45, 7) is 0. The number of hydrogen-bond acceptors (Lipinski definition) is 2. The number of halogens is 1. The van der Waals surface area contributed by atoms with Crippen LogP contribution >= 0.6 is 11.6 Å². The maximum absolute atomic E-state index is 13.6. The van der Waals surface area contributed by atoms with Gasteiger partial charge in [0.1, 0.15) is 0 Å². The minimum absolute atomic E-state index is 0.330. The third-order valence-corrected chi connectivity index (χ3v) is 7.29. The van der Waals surface area contributed by atoms with Gasteiger partial charge in [0.25, 0.3) is 0 Å². The molecule has 3 heteroatoms. The van der Waals surface area contributed by atoms with Crippen LogP contribution in [0.3, 0.4) is 0 Å². The number of benzene rings is 5. The molecule has 0 bridgehead atoms. The number of carbonyl (C=O) groups is 2. The fourth-order valence-corrected chi connectivity index (χ4v) is 5.79. The summed E-state index contributed by atoms with van der Waals surface area (Å²) in [5.41, 5.74) is 2.54. The van der Waals surface area contributed by atoms with E-state index in [9.17, 15) is 9.59 Å². The van der Waals surface area contributed by atoms with Crippen LogP contribution in [0.25, 0.3) is 32.3 Å². The van der Waals surface area contributed by atoms with Crippen molar-refractivity contribution in [3.05, 3.63) is 107 Å². The topological polar surface area (TPSA) is 34.1 Å². The lowest BCUT2D eigenvalue weighted by Gasteiger charge is -2.26. The smallest absolute Gasteiger partial charge is 0.229 e. The van der Waals surface area contributed by atoms with Crippen LogP contribution in [0.15, 0.2) is 84.9 Å². The summed E-state index contributed by atoms with van der Waals surface area (Å²) < 4.78 is 0. The molecular weight excluding hydrogens is 428 g/mol. The summed E-state index contributed by atoms with van der Waals surface area (Å²) in [6, 6.07) is 27.6. The normalized spacial score (nSPS) is 15.6. The Hall–Kier alpha value is -3.49. The Kier molecular flexibility index (Phi) is 4.78. The van der Waals surface area contributed by atoms with Gasteiger partial charge in [0, 0.05) is 16.0 Å². The van der Waals surface area contributed by atoms with Gasteiger partial charge in [-0.1, -0.05) is 90.5 Å². The average Bonchev–Trinajstić information content (AvgIpc) is 2.86. The highest BCUT2D eigenvalue weighted by Gasteiger charge is 2.33. The first-order valence-corrected chi connectivity index (χ1v) is 11.7. The fourth-order valence-electron chi connectivity index (χ4n) is 5.46. The van der Waals surface area contributed by atoms with Gasteiger partial charge in [0.2, 0.25) is 11.6 Å². The molecular formula is C30H21ClO2. The standard InChI is InChI=1S/C30H21ClO2/c31-27-17-19-8-2-4-11-21(19)24-16-15-22-23(28(24)27)12-6-14-26(22)30(33)29(32)25-13-5-9-18-7-1-3-10-20(18)25/h1-5,7-11,13,15-17,26H,6,12,14H2. The average molecular weight is 449 g/mol. The van der Waals surface area contributed by atoms with Crippen molar-refractivity contribution in [3.8, 4) is 0 Å². The third-order valence-electron chi connectivity index (χ3n) is 6.99. The first kappa shape index (κ1) is 20.1. The number of ketones is 2. The lowest BCUT2D eigenvalue weighted by Crippen LogP contribution is -2.26. The van der Waals surface area contributed by atoms with Crippen LogP contribution in [0.2, 0.25) is 5.02 Å². The van der Waals surface area contributed by atoms with Gasteiger partial charge in [-0.2, -0.15) is 0 Å². The zero-order valence-electron chi connectivity index (χ0n) is 18.0. The van der Waals surface area contributed by atoms with Crippen molar-refractivity contribution in [2.45, 2.75) is 25.2 Å². The predicted molar refractivity (Wildman–Crippen MR) is 135 cm³/mol. The Balaban J connectivity index is 1.48. The van der Waals surface area contributed by atoms with Crippen molar-refractivity contribution < 1.29 is 9.59 Å². The van der Waals surface area contributed by atoms with E-state index in [1.54, 1.807) is 6.07 Å². The van der Waals surface area contributed by atoms with Crippen LogP contribution in [-0.2, 0) is 11.2 Å². The molecule has 1 atom stereocenters. The van der Waals surface area contributed by atoms with E-state index in [-0.39, 0.29) is 5.78 Å². The zero-order valence-corrected chi connectivity index (χ0v) is 18.7. The summed E-state index contributed by atoms with van der Waals surface area (Å²) in [7, 11) is 0. The second-order valence-electron chi connectivity index (χ2n) is 8.80. The highest BCUT2D eigenvalue weighted by molar-refractivity contribution is 6.47. The molecule has 0 radical (unpaired) electrons. The van der Waals surface area contributed by atoms with Crippen LogP contribution in [0.1, 0.15) is 40.2 Å². The molecule has 1 aliphatic carbocycles. The first-order chi connectivity index (χ1) is 16.1. The van der Waals surface area contributed by atoms with E-state index in [2.05, 4.69) is 18.2 Å². The van der Waals surface area contributed by atoms with Gasteiger partial charge in [0.05, 0.1) is 5.92 Å². The molecule has 0 saturated carbocycles. The van der Waals surface area contributed by atoms with Crippen LogP contribution in [-0.4, -0.2) is 11.6 Å². The van der Waals surface area contributed by atoms with Crippen molar-refractivity contribution in [2.75, 3.05) is 0 Å². The maximum atomic E-state index is 13.6. The summed E-state index contributed by atoms with van der Waals surface area (Å²) in [5, 5.41) is 6.86. The Morgan fingerprint density at radius 2 is 1.48 bits per heavy atom. The summed E-state index contributed by atoms with van der Waals surface area (Å²) >= 11 is 6.77. The Morgan fingerprint density at radius 1 is 0.758 bits per heavy atom. The predicted octanol–water partition coefficient (Wildman–Crippen LogP) is 7.67. The van der Waals surface area contributed by atoms with E-state index in [0.29, 0.717) is 17.0 Å². The highest BCUT2D eigenvalue weighted by atomic mass is 35.5. The molecule has 0 saturated heterocycles. The number of Topliss-reactive ketones (excluding diaryl/α,β-unsaturated/α-hetero) is 2. The number of fused-ring (bicyclic) bond motifs is 6. The second-order valence-corrected chi connectivity index (χ2v) is 9.21. The molecule has 5 aromatic rings. The minimum Gasteiger partial charge on any atom is -0.290 e. The number of hydrogen-bond donors (Lipinski definition) is 0. The van der Waals surface area contributed by atoms with Gasteiger partial charge in [-0.05, 0) is 63.4 Å². The van der Waals surface area contributed by atoms with E-state index >= 15 is 0 Å². The molecule has 6 rings (SSSR count). The second kappa shape index (κ2) is 7.83. The van der Waals surface area contributed by atoms with E-state index < -0.39 is 11.7 Å². The fraction of sp³-hybridized carbons (Fsp3) is 0.133. The largest absolute Gasteiger partial charge is 0.290 e. The first-order valence-electron chi connectivity index (χ1n) is 11.3. The molecule has 0 aromatic heterocycles. The molecule has 0 fully saturated rings. The van der Waals surface area contributed by atoms with Crippen molar-refractivity contribution >= 4 is 55.5 Å². The summed E-state index contributed by atoms with van der Waals surface area (Å²) in [6.07, 6.45) is 2.39. The molecule has 5 aromatic carbocycles. The van der Waals surface area contributed by atoms with E-state index in [1.807, 2.05) is 60.7 Å².